The Bertz CT molecular complexity index is 1070. The normalized spacial score (nSPS) is 16.6. The molecule has 0 spiro atoms. The van der Waals surface area contributed by atoms with Crippen molar-refractivity contribution in [1.82, 2.24) is 0 Å². The number of amides is 1. The van der Waals surface area contributed by atoms with E-state index in [1.54, 1.807) is 0 Å². The highest BCUT2D eigenvalue weighted by atomic mass is 19.4. The topological polar surface area (TPSA) is 78.8 Å². The largest absolute Gasteiger partial charge is 0.511 e. The zero-order valence-corrected chi connectivity index (χ0v) is 17.0. The zero-order valence-electron chi connectivity index (χ0n) is 17.0. The first kappa shape index (κ1) is 22.3. The molecule has 0 saturated carbocycles. The van der Waals surface area contributed by atoms with Gasteiger partial charge in [-0.3, -0.25) is 14.6 Å². The van der Waals surface area contributed by atoms with Crippen LogP contribution in [0.2, 0.25) is 0 Å². The van der Waals surface area contributed by atoms with Gasteiger partial charge in [-0.2, -0.15) is 13.2 Å². The third kappa shape index (κ3) is 5.59. The highest BCUT2D eigenvalue weighted by Gasteiger charge is 2.32. The number of ketones is 1. The minimum atomic E-state index is -4.50. The van der Waals surface area contributed by atoms with E-state index in [0.29, 0.717) is 18.5 Å². The number of hydrogen-bond acceptors (Lipinski definition) is 4. The summed E-state index contributed by atoms with van der Waals surface area (Å²) in [7, 11) is 0. The minimum Gasteiger partial charge on any atom is -0.511 e. The molecule has 8 heteroatoms. The Morgan fingerprint density at radius 1 is 1.13 bits per heavy atom. The fraction of sp³-hybridized carbons (Fsp3) is 0.261. The van der Waals surface area contributed by atoms with Crippen molar-refractivity contribution in [2.24, 2.45) is 10.4 Å². The summed E-state index contributed by atoms with van der Waals surface area (Å²) in [6.45, 7) is 3.80. The Labute approximate surface area is 177 Å². The molecule has 1 aliphatic rings. The number of rotatable bonds is 4. The van der Waals surface area contributed by atoms with E-state index in [0.717, 1.165) is 12.1 Å². The predicted octanol–water partition coefficient (Wildman–Crippen LogP) is 5.86. The second kappa shape index (κ2) is 8.37. The molecule has 0 bridgehead atoms. The van der Waals surface area contributed by atoms with Gasteiger partial charge in [-0.05, 0) is 47.9 Å². The van der Waals surface area contributed by atoms with Crippen molar-refractivity contribution in [2.45, 2.75) is 32.9 Å². The highest BCUT2D eigenvalue weighted by molar-refractivity contribution is 6.15. The molecule has 0 radical (unpaired) electrons. The first-order valence-electron chi connectivity index (χ1n) is 9.53. The van der Waals surface area contributed by atoms with Crippen molar-refractivity contribution in [3.8, 4) is 0 Å². The molecule has 3 rings (SSSR count). The molecule has 2 N–H and O–H groups in total. The maximum atomic E-state index is 12.8. The van der Waals surface area contributed by atoms with Crippen LogP contribution in [0.3, 0.4) is 0 Å². The van der Waals surface area contributed by atoms with E-state index in [2.05, 4.69) is 10.3 Å². The number of aliphatic hydroxyl groups is 1. The fourth-order valence-corrected chi connectivity index (χ4v) is 3.26. The Hall–Kier alpha value is -3.42. The van der Waals surface area contributed by atoms with Crippen LogP contribution in [-0.4, -0.2) is 23.0 Å². The SMILES string of the molecule is CC1(C)CC(=O)C(C=Nc2ccc(C(=O)Nc3cccc(C(F)(F)F)c3)cc2)=C(O)C1. The van der Waals surface area contributed by atoms with Gasteiger partial charge >= 0.3 is 6.18 Å². The van der Waals surface area contributed by atoms with E-state index in [-0.39, 0.29) is 33.8 Å². The van der Waals surface area contributed by atoms with Crippen LogP contribution >= 0.6 is 0 Å². The van der Waals surface area contributed by atoms with Gasteiger partial charge in [-0.25, -0.2) is 0 Å². The Morgan fingerprint density at radius 3 is 2.42 bits per heavy atom. The Morgan fingerprint density at radius 2 is 1.81 bits per heavy atom. The molecule has 162 valence electrons. The summed E-state index contributed by atoms with van der Waals surface area (Å²) in [4.78, 5) is 28.7. The second-order valence-corrected chi connectivity index (χ2v) is 8.14. The third-order valence-corrected chi connectivity index (χ3v) is 4.82. The molecule has 5 nitrogen and oxygen atoms in total. The summed E-state index contributed by atoms with van der Waals surface area (Å²) in [5.74, 6) is -0.753. The number of allylic oxidation sites excluding steroid dienone is 2. The van der Waals surface area contributed by atoms with Crippen molar-refractivity contribution < 1.29 is 27.9 Å². The van der Waals surface area contributed by atoms with Crippen LogP contribution in [0.25, 0.3) is 0 Å². The number of nitrogens with zero attached hydrogens (tertiary/aromatic N) is 1. The fourth-order valence-electron chi connectivity index (χ4n) is 3.26. The number of halogens is 3. The number of benzene rings is 2. The van der Waals surface area contributed by atoms with Gasteiger partial charge in [0.1, 0.15) is 5.76 Å². The highest BCUT2D eigenvalue weighted by Crippen LogP contribution is 2.35. The maximum absolute atomic E-state index is 12.8. The molecule has 0 fully saturated rings. The molecular formula is C23H21F3N2O3. The molecule has 0 unspecified atom stereocenters. The molecule has 0 aliphatic heterocycles. The number of Topliss-reactive ketones (excluding diaryl/α,β-unsaturated/α-hetero) is 1. The number of carbonyl (C=O) groups excluding carboxylic acids is 2. The van der Waals surface area contributed by atoms with Crippen molar-refractivity contribution in [2.75, 3.05) is 5.32 Å². The van der Waals surface area contributed by atoms with Gasteiger partial charge in [0.2, 0.25) is 0 Å². The standard InChI is InChI=1S/C23H21F3N2O3/c1-22(2)11-19(29)18(20(30)12-22)13-27-16-8-6-14(7-9-16)21(31)28-17-5-3-4-15(10-17)23(24,25)26/h3-10,13,29H,11-12H2,1-2H3,(H,28,31). The maximum Gasteiger partial charge on any atom is 0.416 e. The van der Waals surface area contributed by atoms with E-state index in [9.17, 15) is 27.9 Å². The lowest BCUT2D eigenvalue weighted by Gasteiger charge is -2.28. The second-order valence-electron chi connectivity index (χ2n) is 8.14. The number of alkyl halides is 3. The number of carbonyl (C=O) groups is 2. The van der Waals surface area contributed by atoms with Gasteiger partial charge in [0.05, 0.1) is 16.8 Å². The van der Waals surface area contributed by atoms with Crippen LogP contribution < -0.4 is 5.32 Å². The van der Waals surface area contributed by atoms with Crippen molar-refractivity contribution in [3.63, 3.8) is 0 Å². The predicted molar refractivity (Wildman–Crippen MR) is 112 cm³/mol. The van der Waals surface area contributed by atoms with E-state index in [1.807, 2.05) is 13.8 Å². The average molecular weight is 430 g/mol. The summed E-state index contributed by atoms with van der Waals surface area (Å²) in [6, 6.07) is 10.4. The lowest BCUT2D eigenvalue weighted by Crippen LogP contribution is -2.26. The molecule has 2 aromatic carbocycles. The van der Waals surface area contributed by atoms with E-state index < -0.39 is 17.6 Å². The van der Waals surface area contributed by atoms with E-state index in [4.69, 9.17) is 0 Å². The average Bonchev–Trinajstić information content (AvgIpc) is 2.66. The van der Waals surface area contributed by atoms with Gasteiger partial charge in [0.15, 0.2) is 5.78 Å². The molecule has 0 atom stereocenters. The summed E-state index contributed by atoms with van der Waals surface area (Å²) in [6.07, 6.45) is -2.49. The van der Waals surface area contributed by atoms with Crippen molar-refractivity contribution in [1.29, 1.82) is 0 Å². The first-order valence-corrected chi connectivity index (χ1v) is 9.53. The number of anilines is 1. The Balaban J connectivity index is 1.70. The monoisotopic (exact) mass is 430 g/mol. The lowest BCUT2D eigenvalue weighted by atomic mass is 9.77. The third-order valence-electron chi connectivity index (χ3n) is 4.82. The lowest BCUT2D eigenvalue weighted by molar-refractivity contribution is -0.137. The van der Waals surface area contributed by atoms with E-state index in [1.165, 1.54) is 42.6 Å². The molecule has 1 aliphatic carbocycles. The molecule has 31 heavy (non-hydrogen) atoms. The zero-order chi connectivity index (χ0) is 22.8. The Kier molecular flexibility index (Phi) is 6.01. The summed E-state index contributed by atoms with van der Waals surface area (Å²) in [5.41, 5.74) is -0.267. The molecule has 0 heterocycles. The molecule has 0 aromatic heterocycles. The van der Waals surface area contributed by atoms with Gasteiger partial charge in [-0.15, -0.1) is 0 Å². The number of nitrogens with one attached hydrogen (secondary N) is 1. The van der Waals surface area contributed by atoms with Crippen LogP contribution in [0.15, 0.2) is 64.9 Å². The van der Waals surface area contributed by atoms with Crippen molar-refractivity contribution in [3.05, 3.63) is 71.0 Å². The van der Waals surface area contributed by atoms with Crippen LogP contribution in [0.5, 0.6) is 0 Å². The van der Waals surface area contributed by atoms with Crippen LogP contribution in [0.1, 0.15) is 42.6 Å². The smallest absolute Gasteiger partial charge is 0.416 e. The summed E-state index contributed by atoms with van der Waals surface area (Å²) in [5, 5.41) is 12.6. The van der Waals surface area contributed by atoms with Gasteiger partial charge in [0, 0.05) is 30.3 Å². The van der Waals surface area contributed by atoms with Crippen LogP contribution in [-0.2, 0) is 11.0 Å². The van der Waals surface area contributed by atoms with Gasteiger partial charge < -0.3 is 10.4 Å². The minimum absolute atomic E-state index is 0.00193. The number of hydrogen-bond donors (Lipinski definition) is 2. The molecule has 2 aromatic rings. The van der Waals surface area contributed by atoms with Crippen LogP contribution in [0.4, 0.5) is 24.5 Å². The molecular weight excluding hydrogens is 409 g/mol. The van der Waals surface area contributed by atoms with E-state index >= 15 is 0 Å². The summed E-state index contributed by atoms with van der Waals surface area (Å²) < 4.78 is 38.4. The van der Waals surface area contributed by atoms with Crippen molar-refractivity contribution >= 4 is 29.3 Å². The first-order chi connectivity index (χ1) is 14.4. The number of aliphatic hydroxyl groups excluding tert-OH is 1. The van der Waals surface area contributed by atoms with Crippen LogP contribution in [0, 0.1) is 5.41 Å². The quantitative estimate of drug-likeness (QED) is 0.596. The number of aliphatic imine (C=N–C) groups is 1. The van der Waals surface area contributed by atoms with Gasteiger partial charge in [0.25, 0.3) is 5.91 Å². The summed E-state index contributed by atoms with van der Waals surface area (Å²) >= 11 is 0. The molecule has 1 amide bonds. The van der Waals surface area contributed by atoms with Gasteiger partial charge in [-0.1, -0.05) is 19.9 Å². The molecule has 0 saturated heterocycles.